The molecule has 1 saturated heterocycles. The minimum absolute atomic E-state index is 0.100. The van der Waals surface area contributed by atoms with Gasteiger partial charge >= 0.3 is 0 Å². The van der Waals surface area contributed by atoms with E-state index in [1.54, 1.807) is 53.4 Å². The molecule has 0 radical (unpaired) electrons. The Morgan fingerprint density at radius 1 is 0.857 bits per heavy atom. The van der Waals surface area contributed by atoms with Gasteiger partial charge in [-0.25, -0.2) is 0 Å². The van der Waals surface area contributed by atoms with Crippen LogP contribution < -0.4 is 5.32 Å². The molecule has 1 N–H and O–H groups in total. The van der Waals surface area contributed by atoms with Crippen LogP contribution in [-0.2, 0) is 9.53 Å². The van der Waals surface area contributed by atoms with Gasteiger partial charge in [-0.1, -0.05) is 36.4 Å². The van der Waals surface area contributed by atoms with Crippen molar-refractivity contribution in [3.8, 4) is 0 Å². The number of carbonyl (C=O) groups excluding carboxylic acids is 4. The number of hydrogen-bond acceptors (Lipinski definition) is 5. The van der Waals surface area contributed by atoms with Gasteiger partial charge in [-0.2, -0.15) is 0 Å². The Morgan fingerprint density at radius 2 is 1.51 bits per heavy atom. The van der Waals surface area contributed by atoms with E-state index in [-0.39, 0.29) is 36.6 Å². The van der Waals surface area contributed by atoms with Crippen LogP contribution in [0.3, 0.4) is 0 Å². The fourth-order valence-electron chi connectivity index (χ4n) is 4.61. The Labute approximate surface area is 202 Å². The molecule has 2 aliphatic heterocycles. The van der Waals surface area contributed by atoms with Crippen LogP contribution in [0.2, 0.25) is 0 Å². The second kappa shape index (κ2) is 9.68. The molecule has 35 heavy (non-hydrogen) atoms. The van der Waals surface area contributed by atoms with Gasteiger partial charge in [-0.3, -0.25) is 24.1 Å². The van der Waals surface area contributed by atoms with Gasteiger partial charge in [0.05, 0.1) is 24.5 Å². The van der Waals surface area contributed by atoms with Gasteiger partial charge in [0.25, 0.3) is 17.7 Å². The van der Waals surface area contributed by atoms with Crippen LogP contribution in [-0.4, -0.2) is 66.3 Å². The van der Waals surface area contributed by atoms with Crippen molar-refractivity contribution in [3.05, 3.63) is 77.4 Å². The summed E-state index contributed by atoms with van der Waals surface area (Å²) in [5.74, 6) is -1.13. The van der Waals surface area contributed by atoms with E-state index in [1.165, 1.54) is 4.90 Å². The maximum Gasteiger partial charge on any atom is 0.261 e. The molecule has 1 fully saturated rings. The quantitative estimate of drug-likeness (QED) is 0.557. The zero-order chi connectivity index (χ0) is 24.4. The van der Waals surface area contributed by atoms with Gasteiger partial charge in [0.2, 0.25) is 5.91 Å². The molecule has 8 nitrogen and oxygen atoms in total. The van der Waals surface area contributed by atoms with Crippen LogP contribution in [0.5, 0.6) is 0 Å². The van der Waals surface area contributed by atoms with Crippen LogP contribution in [0.25, 0.3) is 10.8 Å². The highest BCUT2D eigenvalue weighted by molar-refractivity contribution is 6.25. The molecule has 2 aliphatic rings. The molecular weight excluding hydrogens is 446 g/mol. The van der Waals surface area contributed by atoms with E-state index in [4.69, 9.17) is 4.74 Å². The monoisotopic (exact) mass is 471 g/mol. The molecule has 2 heterocycles. The molecule has 0 aromatic heterocycles. The molecule has 3 aromatic carbocycles. The van der Waals surface area contributed by atoms with E-state index in [9.17, 15) is 19.2 Å². The van der Waals surface area contributed by atoms with Gasteiger partial charge in [-0.05, 0) is 36.1 Å². The van der Waals surface area contributed by atoms with Crippen LogP contribution in [0.15, 0.2) is 60.7 Å². The minimum Gasteiger partial charge on any atom is -0.378 e. The lowest BCUT2D eigenvalue weighted by Crippen LogP contribution is -2.41. The number of carbonyl (C=O) groups is 4. The number of rotatable bonds is 6. The maximum absolute atomic E-state index is 13.0. The third-order valence-corrected chi connectivity index (χ3v) is 6.37. The summed E-state index contributed by atoms with van der Waals surface area (Å²) in [5.41, 5.74) is 1.86. The van der Waals surface area contributed by atoms with Gasteiger partial charge in [-0.15, -0.1) is 0 Å². The predicted octanol–water partition coefficient (Wildman–Crippen LogP) is 3.33. The molecule has 0 spiro atoms. The zero-order valence-corrected chi connectivity index (χ0v) is 19.2. The standard InChI is InChI=1S/C27H25N3O5/c31-23(28-22-11-2-1-8-19(22)25(32)29-14-16-35-17-15-29)12-5-13-30-26(33)20-9-3-6-18-7-4-10-21(24(18)20)27(30)34/h1-4,6-11H,5,12-17H2,(H,28,31). The van der Waals surface area contributed by atoms with Crippen LogP contribution >= 0.6 is 0 Å². The number of amides is 4. The molecule has 8 heteroatoms. The molecule has 4 amide bonds. The zero-order valence-electron chi connectivity index (χ0n) is 19.2. The molecule has 3 aromatic rings. The highest BCUT2D eigenvalue weighted by Gasteiger charge is 2.32. The minimum atomic E-state index is -0.346. The number of anilines is 1. The summed E-state index contributed by atoms with van der Waals surface area (Å²) < 4.78 is 5.31. The largest absolute Gasteiger partial charge is 0.378 e. The van der Waals surface area contributed by atoms with E-state index in [0.29, 0.717) is 60.5 Å². The third kappa shape index (κ3) is 4.40. The lowest BCUT2D eigenvalue weighted by Gasteiger charge is -2.27. The summed E-state index contributed by atoms with van der Waals surface area (Å²) in [4.78, 5) is 54.5. The van der Waals surface area contributed by atoms with E-state index in [2.05, 4.69) is 5.32 Å². The van der Waals surface area contributed by atoms with Gasteiger partial charge in [0, 0.05) is 42.6 Å². The second-order valence-electron chi connectivity index (χ2n) is 8.57. The molecule has 0 saturated carbocycles. The first-order valence-electron chi connectivity index (χ1n) is 11.7. The van der Waals surface area contributed by atoms with Crippen molar-refractivity contribution in [2.45, 2.75) is 12.8 Å². The van der Waals surface area contributed by atoms with Crippen LogP contribution in [0.1, 0.15) is 43.9 Å². The van der Waals surface area contributed by atoms with Crippen molar-refractivity contribution in [1.82, 2.24) is 9.80 Å². The number of ether oxygens (including phenoxy) is 1. The number of para-hydroxylation sites is 1. The Morgan fingerprint density at radius 3 is 2.20 bits per heavy atom. The number of morpholine rings is 1. The van der Waals surface area contributed by atoms with E-state index in [1.807, 2.05) is 12.1 Å². The van der Waals surface area contributed by atoms with Crippen molar-refractivity contribution in [2.24, 2.45) is 0 Å². The molecule has 0 bridgehead atoms. The Bertz CT molecular complexity index is 1280. The van der Waals surface area contributed by atoms with Gasteiger partial charge < -0.3 is 15.0 Å². The SMILES string of the molecule is O=C(CCCN1C(=O)c2cccc3cccc(c23)C1=O)Nc1ccccc1C(=O)N1CCOCC1. The molecule has 178 valence electrons. The predicted molar refractivity (Wildman–Crippen MR) is 130 cm³/mol. The summed E-state index contributed by atoms with van der Waals surface area (Å²) in [5, 5.41) is 4.35. The molecule has 5 rings (SSSR count). The number of imide groups is 1. The molecule has 0 unspecified atom stereocenters. The maximum atomic E-state index is 13.0. The summed E-state index contributed by atoms with van der Waals surface area (Å²) in [6.45, 7) is 2.14. The van der Waals surface area contributed by atoms with E-state index in [0.717, 1.165) is 5.39 Å². The number of hydrogen-bond donors (Lipinski definition) is 1. The van der Waals surface area contributed by atoms with E-state index < -0.39 is 0 Å². The fraction of sp³-hybridized carbons (Fsp3) is 0.259. The summed E-state index contributed by atoms with van der Waals surface area (Å²) >= 11 is 0. The normalized spacial score (nSPS) is 15.4. The fourth-order valence-corrected chi connectivity index (χ4v) is 4.61. The summed E-state index contributed by atoms with van der Waals surface area (Å²) in [6, 6.07) is 17.7. The van der Waals surface area contributed by atoms with Crippen molar-refractivity contribution in [3.63, 3.8) is 0 Å². The average Bonchev–Trinajstić information content (AvgIpc) is 2.89. The topological polar surface area (TPSA) is 96.0 Å². The highest BCUT2D eigenvalue weighted by atomic mass is 16.5. The van der Waals surface area contributed by atoms with Crippen molar-refractivity contribution in [2.75, 3.05) is 38.2 Å². The summed E-state index contributed by atoms with van der Waals surface area (Å²) in [6.07, 6.45) is 0.407. The average molecular weight is 472 g/mol. The number of nitrogens with zero attached hydrogens (tertiary/aromatic N) is 2. The van der Waals surface area contributed by atoms with Crippen molar-refractivity contribution < 1.29 is 23.9 Å². The molecular formula is C27H25N3O5. The smallest absolute Gasteiger partial charge is 0.261 e. The lowest BCUT2D eigenvalue weighted by molar-refractivity contribution is -0.116. The Kier molecular flexibility index (Phi) is 6.29. The lowest BCUT2D eigenvalue weighted by atomic mass is 9.94. The highest BCUT2D eigenvalue weighted by Crippen LogP contribution is 2.30. The number of nitrogens with one attached hydrogen (secondary N) is 1. The molecule has 0 aliphatic carbocycles. The second-order valence-corrected chi connectivity index (χ2v) is 8.57. The Hall–Kier alpha value is -4.04. The van der Waals surface area contributed by atoms with Crippen molar-refractivity contribution >= 4 is 40.1 Å². The Balaban J connectivity index is 1.23. The van der Waals surface area contributed by atoms with E-state index >= 15 is 0 Å². The summed E-state index contributed by atoms with van der Waals surface area (Å²) in [7, 11) is 0. The molecule has 0 atom stereocenters. The third-order valence-electron chi connectivity index (χ3n) is 6.37. The van der Waals surface area contributed by atoms with Crippen LogP contribution in [0.4, 0.5) is 5.69 Å². The van der Waals surface area contributed by atoms with Crippen molar-refractivity contribution in [1.29, 1.82) is 0 Å². The first kappa shape index (κ1) is 22.7. The first-order valence-corrected chi connectivity index (χ1v) is 11.7. The van der Waals surface area contributed by atoms with Crippen LogP contribution in [0, 0.1) is 0 Å². The van der Waals surface area contributed by atoms with Gasteiger partial charge in [0.1, 0.15) is 0 Å². The first-order chi connectivity index (χ1) is 17.0. The van der Waals surface area contributed by atoms with Gasteiger partial charge in [0.15, 0.2) is 0 Å². The number of benzene rings is 3.